The molecule has 1 unspecified atom stereocenters. The van der Waals surface area contributed by atoms with E-state index in [2.05, 4.69) is 16.2 Å². The Balaban J connectivity index is 1.49. The van der Waals surface area contributed by atoms with Crippen LogP contribution in [-0.4, -0.2) is 92.4 Å². The number of amides is 2. The van der Waals surface area contributed by atoms with Crippen molar-refractivity contribution in [2.24, 2.45) is 5.41 Å². The molecule has 5 rings (SSSR count). The van der Waals surface area contributed by atoms with E-state index in [1.54, 1.807) is 72.9 Å². The SMILES string of the molecule is CC(C)(C)OC(=O)N(CCF)c1cc(-c2ccc(N3C[C@H]4[C@@H]3C(C)(C(=O)O)CN4C(=O)OC(C)(C)C)nc2)c2c(C#N)cnn2c1. The van der Waals surface area contributed by atoms with Crippen molar-refractivity contribution in [3.63, 3.8) is 0 Å². The number of halogens is 1. The van der Waals surface area contributed by atoms with Gasteiger partial charge >= 0.3 is 18.2 Å². The van der Waals surface area contributed by atoms with Crippen LogP contribution < -0.4 is 9.80 Å². The van der Waals surface area contributed by atoms with Crippen molar-refractivity contribution in [1.82, 2.24) is 19.5 Å². The van der Waals surface area contributed by atoms with Gasteiger partial charge in [0, 0.05) is 30.4 Å². The number of fused-ring (bicyclic) bond motifs is 2. The van der Waals surface area contributed by atoms with Crippen molar-refractivity contribution in [3.05, 3.63) is 42.4 Å². The zero-order chi connectivity index (χ0) is 33.8. The lowest BCUT2D eigenvalue weighted by atomic mass is 9.77. The van der Waals surface area contributed by atoms with Crippen LogP contribution in [0.2, 0.25) is 0 Å². The van der Waals surface area contributed by atoms with Gasteiger partial charge in [-0.15, -0.1) is 0 Å². The van der Waals surface area contributed by atoms with Gasteiger partial charge in [-0.2, -0.15) is 10.4 Å². The second-order valence-electron chi connectivity index (χ2n) is 13.8. The van der Waals surface area contributed by atoms with E-state index in [0.717, 1.165) is 0 Å². The molecule has 3 aromatic rings. The van der Waals surface area contributed by atoms with Crippen LogP contribution in [0.5, 0.6) is 0 Å². The van der Waals surface area contributed by atoms with Gasteiger partial charge in [0.1, 0.15) is 35.2 Å². The number of carbonyl (C=O) groups excluding carboxylic acids is 2. The molecule has 14 heteroatoms. The Morgan fingerprint density at radius 3 is 2.41 bits per heavy atom. The molecule has 0 aliphatic carbocycles. The van der Waals surface area contributed by atoms with Crippen molar-refractivity contribution in [1.29, 1.82) is 5.26 Å². The Morgan fingerprint density at radius 2 is 1.85 bits per heavy atom. The number of rotatable bonds is 6. The first-order chi connectivity index (χ1) is 21.5. The molecule has 46 heavy (non-hydrogen) atoms. The lowest BCUT2D eigenvalue weighted by molar-refractivity contribution is -0.148. The van der Waals surface area contributed by atoms with Crippen molar-refractivity contribution >= 4 is 35.2 Å². The van der Waals surface area contributed by atoms with Crippen molar-refractivity contribution in [2.45, 2.75) is 71.8 Å². The van der Waals surface area contributed by atoms with Crippen LogP contribution in [-0.2, 0) is 14.3 Å². The number of aliphatic carboxylic acids is 1. The number of likely N-dealkylation sites (tertiary alicyclic amines) is 1. The number of anilines is 2. The topological polar surface area (TPSA) is 154 Å². The molecule has 0 aromatic carbocycles. The maximum absolute atomic E-state index is 13.6. The van der Waals surface area contributed by atoms with Crippen LogP contribution in [0.3, 0.4) is 0 Å². The van der Waals surface area contributed by atoms with Crippen LogP contribution >= 0.6 is 0 Å². The zero-order valence-corrected chi connectivity index (χ0v) is 26.9. The largest absolute Gasteiger partial charge is 0.481 e. The summed E-state index contributed by atoms with van der Waals surface area (Å²) in [6.45, 7) is 11.3. The van der Waals surface area contributed by atoms with Crippen LogP contribution in [0, 0.1) is 16.7 Å². The number of nitrogens with zero attached hydrogens (tertiary/aromatic N) is 7. The molecule has 2 amide bonds. The average molecular weight is 636 g/mol. The number of carboxylic acids is 1. The van der Waals surface area contributed by atoms with Gasteiger partial charge in [-0.25, -0.2) is 23.5 Å². The number of aromatic nitrogens is 3. The number of nitriles is 1. The lowest BCUT2D eigenvalue weighted by Gasteiger charge is -2.50. The van der Waals surface area contributed by atoms with Gasteiger partial charge in [0.05, 0.1) is 47.8 Å². The molecule has 0 saturated carbocycles. The maximum Gasteiger partial charge on any atom is 0.414 e. The van der Waals surface area contributed by atoms with Gasteiger partial charge in [0.2, 0.25) is 0 Å². The first kappa shape index (κ1) is 32.5. The monoisotopic (exact) mass is 635 g/mol. The van der Waals surface area contributed by atoms with E-state index in [4.69, 9.17) is 9.47 Å². The van der Waals surface area contributed by atoms with E-state index in [1.807, 2.05) is 4.90 Å². The number of ether oxygens (including phenoxy) is 2. The minimum Gasteiger partial charge on any atom is -0.481 e. The van der Waals surface area contributed by atoms with Crippen LogP contribution in [0.1, 0.15) is 54.0 Å². The third kappa shape index (κ3) is 5.89. The Morgan fingerprint density at radius 1 is 1.15 bits per heavy atom. The summed E-state index contributed by atoms with van der Waals surface area (Å²) in [6, 6.07) is 6.40. The molecule has 2 saturated heterocycles. The normalized spacial score (nSPS) is 20.9. The second kappa shape index (κ2) is 11.5. The highest BCUT2D eigenvalue weighted by Crippen LogP contribution is 2.47. The number of pyridine rings is 2. The Kier molecular flexibility index (Phi) is 8.08. The molecule has 5 heterocycles. The standard InChI is InChI=1S/C32H38FN7O6/c1-30(2,3)45-28(43)37(11-10-33)21-12-22(25-20(13-34)15-36-40(25)16-21)19-8-9-24(35-14-19)38-17-23-26(38)32(7,27(41)42)18-39(23)29(44)46-31(4,5)6/h8-9,12,14-16,23,26H,10-11,17-18H2,1-7H3,(H,41,42)/t23-,26+,32?/m0/s1. The third-order valence-corrected chi connectivity index (χ3v) is 8.06. The molecule has 2 aliphatic heterocycles. The first-order valence-electron chi connectivity index (χ1n) is 14.9. The Bertz CT molecular complexity index is 1720. The van der Waals surface area contributed by atoms with E-state index in [9.17, 15) is 29.1 Å². The van der Waals surface area contributed by atoms with Gasteiger partial charge < -0.3 is 24.4 Å². The van der Waals surface area contributed by atoms with E-state index in [-0.39, 0.29) is 24.7 Å². The molecule has 0 spiro atoms. The minimum absolute atomic E-state index is 0.00286. The Hall–Kier alpha value is -4.93. The number of alkyl halides is 1. The van der Waals surface area contributed by atoms with Crippen LogP contribution in [0.25, 0.3) is 16.6 Å². The van der Waals surface area contributed by atoms with Gasteiger partial charge in [-0.1, -0.05) is 0 Å². The molecular formula is C32H38FN7O6. The Labute approximate surface area is 266 Å². The quantitative estimate of drug-likeness (QED) is 0.397. The summed E-state index contributed by atoms with van der Waals surface area (Å²) in [5, 5.41) is 24.3. The number of hydrogen-bond acceptors (Lipinski definition) is 9. The first-order valence-corrected chi connectivity index (χ1v) is 14.9. The molecule has 2 fully saturated rings. The van der Waals surface area contributed by atoms with E-state index in [1.165, 1.54) is 26.7 Å². The smallest absolute Gasteiger partial charge is 0.414 e. The van der Waals surface area contributed by atoms with Gasteiger partial charge in [-0.3, -0.25) is 9.69 Å². The summed E-state index contributed by atoms with van der Waals surface area (Å²) in [6.07, 6.45) is 3.23. The highest BCUT2D eigenvalue weighted by molar-refractivity contribution is 5.92. The predicted molar refractivity (Wildman–Crippen MR) is 166 cm³/mol. The fraction of sp³-hybridized carbons (Fsp3) is 0.500. The fourth-order valence-electron chi connectivity index (χ4n) is 6.04. The van der Waals surface area contributed by atoms with Crippen LogP contribution in [0.15, 0.2) is 36.8 Å². The average Bonchev–Trinajstić information content (AvgIpc) is 3.45. The molecule has 0 radical (unpaired) electrons. The molecule has 3 atom stereocenters. The zero-order valence-electron chi connectivity index (χ0n) is 26.9. The maximum atomic E-state index is 13.6. The molecule has 1 N–H and O–H groups in total. The summed E-state index contributed by atoms with van der Waals surface area (Å²) >= 11 is 0. The second-order valence-corrected chi connectivity index (χ2v) is 13.8. The fourth-order valence-corrected chi connectivity index (χ4v) is 6.04. The lowest BCUT2D eigenvalue weighted by Crippen LogP contribution is -2.67. The van der Waals surface area contributed by atoms with E-state index in [0.29, 0.717) is 34.7 Å². The summed E-state index contributed by atoms with van der Waals surface area (Å²) < 4.78 is 26.1. The summed E-state index contributed by atoms with van der Waals surface area (Å²) in [5.41, 5.74) is -0.636. The molecule has 244 valence electrons. The molecule has 3 aromatic heterocycles. The van der Waals surface area contributed by atoms with Crippen molar-refractivity contribution in [3.8, 4) is 17.2 Å². The molecule has 2 aliphatic rings. The van der Waals surface area contributed by atoms with E-state index >= 15 is 0 Å². The predicted octanol–water partition coefficient (Wildman–Crippen LogP) is 4.88. The van der Waals surface area contributed by atoms with Gasteiger partial charge in [0.15, 0.2) is 0 Å². The van der Waals surface area contributed by atoms with Crippen molar-refractivity contribution < 1.29 is 33.4 Å². The summed E-state index contributed by atoms with van der Waals surface area (Å²) in [4.78, 5) is 47.7. The number of carboxylic acid groups (broad SMARTS) is 1. The number of carbonyl (C=O) groups is 3. The minimum atomic E-state index is -1.26. The van der Waals surface area contributed by atoms with Gasteiger partial charge in [-0.05, 0) is 66.7 Å². The van der Waals surface area contributed by atoms with Gasteiger partial charge in [0.25, 0.3) is 0 Å². The third-order valence-electron chi connectivity index (χ3n) is 8.06. The molecular weight excluding hydrogens is 597 g/mol. The highest BCUT2D eigenvalue weighted by atomic mass is 19.1. The van der Waals surface area contributed by atoms with Crippen molar-refractivity contribution in [2.75, 3.05) is 36.1 Å². The molecule has 13 nitrogen and oxygen atoms in total. The van der Waals surface area contributed by atoms with E-state index < -0.39 is 47.5 Å². The van der Waals surface area contributed by atoms with Crippen LogP contribution in [0.4, 0.5) is 25.5 Å². The summed E-state index contributed by atoms with van der Waals surface area (Å²) in [5.74, 6) is -0.515. The number of hydrogen-bond donors (Lipinski definition) is 1. The highest BCUT2D eigenvalue weighted by Gasteiger charge is 2.64. The molecule has 0 bridgehead atoms. The summed E-state index contributed by atoms with van der Waals surface area (Å²) in [7, 11) is 0.